The van der Waals surface area contributed by atoms with Crippen LogP contribution in [0.1, 0.15) is 33.6 Å². The molecule has 0 spiro atoms. The summed E-state index contributed by atoms with van der Waals surface area (Å²) >= 11 is 0. The first kappa shape index (κ1) is 9.01. The van der Waals surface area contributed by atoms with E-state index >= 15 is 0 Å². The summed E-state index contributed by atoms with van der Waals surface area (Å²) in [6, 6.07) is 0.550. The lowest BCUT2D eigenvalue weighted by atomic mass is 10.2. The average molecular weight is 157 g/mol. The summed E-state index contributed by atoms with van der Waals surface area (Å²) in [6.07, 6.45) is 2.75. The molecule has 2 nitrogen and oxygen atoms in total. The monoisotopic (exact) mass is 157 g/mol. The molecule has 0 bridgehead atoms. The van der Waals surface area contributed by atoms with Crippen molar-refractivity contribution in [1.82, 2.24) is 5.48 Å². The molecule has 1 aliphatic rings. The van der Waals surface area contributed by atoms with Crippen LogP contribution in [0, 0.1) is 11.8 Å². The Morgan fingerprint density at radius 1 is 1.36 bits per heavy atom. The van der Waals surface area contributed by atoms with Gasteiger partial charge < -0.3 is 4.84 Å². The molecule has 0 heterocycles. The summed E-state index contributed by atoms with van der Waals surface area (Å²) in [5.74, 6) is 1.50. The van der Waals surface area contributed by atoms with Gasteiger partial charge in [0.25, 0.3) is 0 Å². The fourth-order valence-electron chi connectivity index (χ4n) is 1.04. The van der Waals surface area contributed by atoms with Crippen LogP contribution in [0.15, 0.2) is 0 Å². The fourth-order valence-corrected chi connectivity index (χ4v) is 1.04. The molecule has 0 aromatic rings. The zero-order valence-corrected chi connectivity index (χ0v) is 7.76. The first-order valence-electron chi connectivity index (χ1n) is 4.57. The van der Waals surface area contributed by atoms with Crippen molar-refractivity contribution in [3.05, 3.63) is 0 Å². The van der Waals surface area contributed by atoms with Gasteiger partial charge in [-0.2, -0.15) is 5.48 Å². The summed E-state index contributed by atoms with van der Waals surface area (Å²) in [5, 5.41) is 0. The lowest BCUT2D eigenvalue weighted by Crippen LogP contribution is -2.29. The lowest BCUT2D eigenvalue weighted by Gasteiger charge is -2.13. The highest BCUT2D eigenvalue weighted by atomic mass is 16.6. The van der Waals surface area contributed by atoms with Gasteiger partial charge >= 0.3 is 0 Å². The van der Waals surface area contributed by atoms with Gasteiger partial charge in [-0.25, -0.2) is 0 Å². The van der Waals surface area contributed by atoms with Gasteiger partial charge in [0.15, 0.2) is 0 Å². The summed E-state index contributed by atoms with van der Waals surface area (Å²) in [6.45, 7) is 7.32. The molecule has 1 saturated carbocycles. The van der Waals surface area contributed by atoms with Gasteiger partial charge in [-0.05, 0) is 31.6 Å². The van der Waals surface area contributed by atoms with Crippen LogP contribution in [0.3, 0.4) is 0 Å². The van der Waals surface area contributed by atoms with Crippen LogP contribution in [-0.2, 0) is 4.84 Å². The molecule has 1 unspecified atom stereocenters. The van der Waals surface area contributed by atoms with Gasteiger partial charge in [-0.3, -0.25) is 0 Å². The molecule has 1 aliphatic carbocycles. The third-order valence-corrected chi connectivity index (χ3v) is 2.02. The lowest BCUT2D eigenvalue weighted by molar-refractivity contribution is 0.000203. The maximum atomic E-state index is 5.31. The van der Waals surface area contributed by atoms with E-state index in [1.54, 1.807) is 0 Å². The molecular formula is C9H19NO. The Bertz CT molecular complexity index is 110. The SMILES string of the molecule is CC(C)CONC(C)C1CC1. The smallest absolute Gasteiger partial charge is 0.0705 e. The van der Waals surface area contributed by atoms with Crippen molar-refractivity contribution < 1.29 is 4.84 Å². The van der Waals surface area contributed by atoms with E-state index in [-0.39, 0.29) is 0 Å². The number of hydrogen-bond acceptors (Lipinski definition) is 2. The van der Waals surface area contributed by atoms with E-state index in [2.05, 4.69) is 26.3 Å². The van der Waals surface area contributed by atoms with Crippen LogP contribution >= 0.6 is 0 Å². The highest BCUT2D eigenvalue weighted by Crippen LogP contribution is 2.32. The topological polar surface area (TPSA) is 21.3 Å². The number of hydrogen-bond donors (Lipinski definition) is 1. The molecule has 1 rings (SSSR count). The second kappa shape index (κ2) is 4.07. The maximum Gasteiger partial charge on any atom is 0.0705 e. The van der Waals surface area contributed by atoms with Gasteiger partial charge in [0.2, 0.25) is 0 Å². The summed E-state index contributed by atoms with van der Waals surface area (Å²) in [5.41, 5.74) is 3.08. The van der Waals surface area contributed by atoms with E-state index in [1.165, 1.54) is 12.8 Å². The molecule has 0 amide bonds. The molecule has 0 radical (unpaired) electrons. The molecule has 66 valence electrons. The van der Waals surface area contributed by atoms with Crippen LogP contribution in [-0.4, -0.2) is 12.6 Å². The van der Waals surface area contributed by atoms with Crippen molar-refractivity contribution in [3.63, 3.8) is 0 Å². The largest absolute Gasteiger partial charge is 0.301 e. The van der Waals surface area contributed by atoms with E-state index in [9.17, 15) is 0 Å². The first-order valence-corrected chi connectivity index (χ1v) is 4.57. The van der Waals surface area contributed by atoms with E-state index in [4.69, 9.17) is 4.84 Å². The molecule has 0 aromatic carbocycles. The van der Waals surface area contributed by atoms with Gasteiger partial charge in [0, 0.05) is 6.04 Å². The second-order valence-corrected chi connectivity index (χ2v) is 3.95. The molecule has 0 aromatic heterocycles. The normalized spacial score (nSPS) is 20.7. The molecule has 0 saturated heterocycles. The highest BCUT2D eigenvalue weighted by molar-refractivity contribution is 4.81. The molecular weight excluding hydrogens is 138 g/mol. The Labute approximate surface area is 69.3 Å². The minimum absolute atomic E-state index is 0.550. The van der Waals surface area contributed by atoms with Crippen molar-refractivity contribution in [1.29, 1.82) is 0 Å². The minimum atomic E-state index is 0.550. The molecule has 0 aliphatic heterocycles. The van der Waals surface area contributed by atoms with Crippen LogP contribution in [0.2, 0.25) is 0 Å². The Kier molecular flexibility index (Phi) is 3.34. The van der Waals surface area contributed by atoms with E-state index in [0.29, 0.717) is 12.0 Å². The van der Waals surface area contributed by atoms with Gasteiger partial charge in [0.1, 0.15) is 0 Å². The van der Waals surface area contributed by atoms with Crippen molar-refractivity contribution in [2.75, 3.05) is 6.61 Å². The predicted molar refractivity (Wildman–Crippen MR) is 46.1 cm³/mol. The second-order valence-electron chi connectivity index (χ2n) is 3.95. The number of hydroxylamine groups is 1. The summed E-state index contributed by atoms with van der Waals surface area (Å²) < 4.78 is 0. The van der Waals surface area contributed by atoms with Crippen molar-refractivity contribution >= 4 is 0 Å². The highest BCUT2D eigenvalue weighted by Gasteiger charge is 2.27. The third kappa shape index (κ3) is 3.73. The third-order valence-electron chi connectivity index (χ3n) is 2.02. The van der Waals surface area contributed by atoms with Gasteiger partial charge in [0.05, 0.1) is 6.61 Å². The van der Waals surface area contributed by atoms with Crippen LogP contribution < -0.4 is 5.48 Å². The maximum absolute atomic E-state index is 5.31. The van der Waals surface area contributed by atoms with Crippen molar-refractivity contribution in [2.24, 2.45) is 11.8 Å². The minimum Gasteiger partial charge on any atom is -0.301 e. The molecule has 11 heavy (non-hydrogen) atoms. The Morgan fingerprint density at radius 2 is 2.00 bits per heavy atom. The van der Waals surface area contributed by atoms with Gasteiger partial charge in [-0.1, -0.05) is 13.8 Å². The Morgan fingerprint density at radius 3 is 2.45 bits per heavy atom. The zero-order valence-electron chi connectivity index (χ0n) is 7.76. The Hall–Kier alpha value is -0.0800. The van der Waals surface area contributed by atoms with Crippen LogP contribution in [0.25, 0.3) is 0 Å². The van der Waals surface area contributed by atoms with E-state index < -0.39 is 0 Å². The van der Waals surface area contributed by atoms with E-state index in [0.717, 1.165) is 12.5 Å². The number of rotatable bonds is 5. The standard InChI is InChI=1S/C9H19NO/c1-7(2)6-11-10-8(3)9-4-5-9/h7-10H,4-6H2,1-3H3. The average Bonchev–Trinajstić information content (AvgIpc) is 2.66. The molecule has 1 atom stereocenters. The Balaban J connectivity index is 1.93. The van der Waals surface area contributed by atoms with Crippen LogP contribution in [0.4, 0.5) is 0 Å². The van der Waals surface area contributed by atoms with Crippen molar-refractivity contribution in [3.8, 4) is 0 Å². The van der Waals surface area contributed by atoms with Crippen molar-refractivity contribution in [2.45, 2.75) is 39.7 Å². The molecule has 2 heteroatoms. The predicted octanol–water partition coefficient (Wildman–Crippen LogP) is 1.96. The quantitative estimate of drug-likeness (QED) is 0.616. The first-order chi connectivity index (χ1) is 5.20. The van der Waals surface area contributed by atoms with Crippen LogP contribution in [0.5, 0.6) is 0 Å². The van der Waals surface area contributed by atoms with E-state index in [1.807, 2.05) is 0 Å². The molecule has 1 fully saturated rings. The number of nitrogens with one attached hydrogen (secondary N) is 1. The molecule has 1 N–H and O–H groups in total. The van der Waals surface area contributed by atoms with Gasteiger partial charge in [-0.15, -0.1) is 0 Å². The zero-order chi connectivity index (χ0) is 8.27. The summed E-state index contributed by atoms with van der Waals surface area (Å²) in [7, 11) is 0. The summed E-state index contributed by atoms with van der Waals surface area (Å²) in [4.78, 5) is 5.31. The fraction of sp³-hybridized carbons (Fsp3) is 1.00.